The topological polar surface area (TPSA) is 101 Å². The van der Waals surface area contributed by atoms with Crippen molar-refractivity contribution in [3.63, 3.8) is 0 Å². The van der Waals surface area contributed by atoms with Crippen molar-refractivity contribution in [2.75, 3.05) is 39.4 Å². The lowest BCUT2D eigenvalue weighted by Gasteiger charge is -2.21. The number of rotatable bonds is 10. The van der Waals surface area contributed by atoms with Gasteiger partial charge < -0.3 is 20.1 Å². The van der Waals surface area contributed by atoms with E-state index in [1.807, 2.05) is 31.2 Å². The zero-order chi connectivity index (χ0) is 18.4. The van der Waals surface area contributed by atoms with Gasteiger partial charge in [-0.1, -0.05) is 18.2 Å². The van der Waals surface area contributed by atoms with E-state index in [0.717, 1.165) is 17.0 Å². The molecule has 1 aromatic rings. The number of aliphatic hydroxyl groups excluding tert-OH is 2. The molecule has 1 heterocycles. The monoisotopic (exact) mass is 349 g/mol. The molecule has 0 saturated carbocycles. The number of carboxylic acid groups (broad SMARTS) is 1. The highest BCUT2D eigenvalue weighted by Gasteiger charge is 2.49. The van der Waals surface area contributed by atoms with Gasteiger partial charge in [-0.3, -0.25) is 9.69 Å². The van der Waals surface area contributed by atoms with Gasteiger partial charge in [-0.25, -0.2) is 0 Å². The number of nitrogens with zero attached hydrogens (tertiary/aromatic N) is 2. The minimum Gasteiger partial charge on any atom is -0.480 e. The Labute approximate surface area is 146 Å². The van der Waals surface area contributed by atoms with Crippen LogP contribution >= 0.6 is 0 Å². The normalized spacial score (nSPS) is 15.5. The predicted octanol–water partition coefficient (Wildman–Crippen LogP) is 0.00310. The van der Waals surface area contributed by atoms with Gasteiger partial charge in [0.1, 0.15) is 18.2 Å². The first-order valence-electron chi connectivity index (χ1n) is 8.30. The van der Waals surface area contributed by atoms with Gasteiger partial charge in [-0.2, -0.15) is 4.58 Å². The summed E-state index contributed by atoms with van der Waals surface area (Å²) in [7, 11) is 0. The number of para-hydroxylation sites is 1. The van der Waals surface area contributed by atoms with Gasteiger partial charge in [-0.15, -0.1) is 0 Å². The van der Waals surface area contributed by atoms with E-state index in [9.17, 15) is 19.8 Å². The maximum Gasteiger partial charge on any atom is 0.317 e. The molecular formula is C18H25N2O5+. The molecular weight excluding hydrogens is 324 g/mol. The molecule has 136 valence electrons. The van der Waals surface area contributed by atoms with E-state index in [4.69, 9.17) is 5.11 Å². The van der Waals surface area contributed by atoms with Crippen molar-refractivity contribution in [1.82, 2.24) is 4.90 Å². The van der Waals surface area contributed by atoms with Crippen LogP contribution in [-0.2, 0) is 15.0 Å². The van der Waals surface area contributed by atoms with Crippen LogP contribution in [0.5, 0.6) is 0 Å². The molecule has 0 unspecified atom stereocenters. The van der Waals surface area contributed by atoms with Crippen molar-refractivity contribution in [2.24, 2.45) is 0 Å². The summed E-state index contributed by atoms with van der Waals surface area (Å²) in [5, 5.41) is 28.7. The Hall–Kier alpha value is -2.09. The summed E-state index contributed by atoms with van der Waals surface area (Å²) in [6, 6.07) is 7.65. The SMILES string of the molecule is CC1=[N+](CCCN(CC=O)CC(=O)O)c2ccccc2C1(CO)CO. The fourth-order valence-corrected chi connectivity index (χ4v) is 3.47. The Balaban J connectivity index is 2.16. The molecule has 0 radical (unpaired) electrons. The Bertz CT molecular complexity index is 667. The average molecular weight is 349 g/mol. The highest BCUT2D eigenvalue weighted by molar-refractivity contribution is 5.94. The minimum absolute atomic E-state index is 0.0861. The van der Waals surface area contributed by atoms with Gasteiger partial charge >= 0.3 is 5.97 Å². The third-order valence-corrected chi connectivity index (χ3v) is 4.90. The lowest BCUT2D eigenvalue weighted by atomic mass is 9.79. The highest BCUT2D eigenvalue weighted by Crippen LogP contribution is 2.39. The van der Waals surface area contributed by atoms with Gasteiger partial charge in [0.05, 0.1) is 26.3 Å². The van der Waals surface area contributed by atoms with Crippen LogP contribution < -0.4 is 0 Å². The van der Waals surface area contributed by atoms with Crippen LogP contribution in [0.15, 0.2) is 24.3 Å². The quantitative estimate of drug-likeness (QED) is 0.406. The summed E-state index contributed by atoms with van der Waals surface area (Å²) in [5.41, 5.74) is 1.93. The van der Waals surface area contributed by atoms with Crippen LogP contribution in [0.2, 0.25) is 0 Å². The van der Waals surface area contributed by atoms with Crippen molar-refractivity contribution in [3.8, 4) is 0 Å². The number of fused-ring (bicyclic) bond motifs is 1. The average Bonchev–Trinajstić information content (AvgIpc) is 2.83. The molecule has 7 heteroatoms. The molecule has 1 aromatic carbocycles. The van der Waals surface area contributed by atoms with E-state index in [1.54, 1.807) is 4.90 Å². The Morgan fingerprint density at radius 1 is 1.28 bits per heavy atom. The largest absolute Gasteiger partial charge is 0.480 e. The van der Waals surface area contributed by atoms with Crippen LogP contribution in [0, 0.1) is 0 Å². The maximum absolute atomic E-state index is 10.9. The number of aliphatic carboxylic acids is 1. The number of hydrogen-bond donors (Lipinski definition) is 3. The molecule has 25 heavy (non-hydrogen) atoms. The minimum atomic E-state index is -0.962. The van der Waals surface area contributed by atoms with E-state index in [1.165, 1.54) is 0 Å². The molecule has 1 aliphatic heterocycles. The molecule has 0 amide bonds. The molecule has 7 nitrogen and oxygen atoms in total. The fraction of sp³-hybridized carbons (Fsp3) is 0.500. The number of benzene rings is 1. The Kier molecular flexibility index (Phi) is 6.41. The van der Waals surface area contributed by atoms with Crippen molar-refractivity contribution in [3.05, 3.63) is 29.8 Å². The van der Waals surface area contributed by atoms with Crippen LogP contribution in [0.3, 0.4) is 0 Å². The molecule has 0 bridgehead atoms. The molecule has 0 aliphatic carbocycles. The number of aliphatic hydroxyl groups is 2. The summed E-state index contributed by atoms with van der Waals surface area (Å²) < 4.78 is 2.06. The molecule has 3 N–H and O–H groups in total. The summed E-state index contributed by atoms with van der Waals surface area (Å²) in [6.07, 6.45) is 1.35. The second-order valence-electron chi connectivity index (χ2n) is 6.30. The Morgan fingerprint density at radius 2 is 1.96 bits per heavy atom. The lowest BCUT2D eigenvalue weighted by Crippen LogP contribution is -2.41. The molecule has 0 fully saturated rings. The van der Waals surface area contributed by atoms with E-state index in [2.05, 4.69) is 4.58 Å². The lowest BCUT2D eigenvalue weighted by molar-refractivity contribution is -0.440. The zero-order valence-electron chi connectivity index (χ0n) is 14.4. The summed E-state index contributed by atoms with van der Waals surface area (Å²) in [6.45, 7) is 2.53. The smallest absolute Gasteiger partial charge is 0.317 e. The number of carbonyl (C=O) groups excluding carboxylic acids is 1. The number of hydrogen-bond acceptors (Lipinski definition) is 5. The molecule has 0 atom stereocenters. The van der Waals surface area contributed by atoms with Gasteiger partial charge in [0.15, 0.2) is 5.71 Å². The van der Waals surface area contributed by atoms with E-state index < -0.39 is 11.4 Å². The van der Waals surface area contributed by atoms with Crippen molar-refractivity contribution >= 4 is 23.7 Å². The fourth-order valence-electron chi connectivity index (χ4n) is 3.47. The van der Waals surface area contributed by atoms with E-state index in [-0.39, 0.29) is 26.3 Å². The van der Waals surface area contributed by atoms with Crippen molar-refractivity contribution in [1.29, 1.82) is 0 Å². The highest BCUT2D eigenvalue weighted by atomic mass is 16.4. The molecule has 0 saturated heterocycles. The number of aldehydes is 1. The molecule has 1 aliphatic rings. The molecule has 2 rings (SSSR count). The second kappa shape index (κ2) is 8.33. The first-order valence-corrected chi connectivity index (χ1v) is 8.30. The third-order valence-electron chi connectivity index (χ3n) is 4.90. The van der Waals surface area contributed by atoms with Crippen LogP contribution in [0.4, 0.5) is 5.69 Å². The van der Waals surface area contributed by atoms with Crippen molar-refractivity contribution < 1.29 is 29.5 Å². The van der Waals surface area contributed by atoms with Gasteiger partial charge in [-0.05, 0) is 0 Å². The summed E-state index contributed by atoms with van der Waals surface area (Å²) in [5.74, 6) is -0.962. The molecule has 0 spiro atoms. The second-order valence-corrected chi connectivity index (χ2v) is 6.30. The van der Waals surface area contributed by atoms with Gasteiger partial charge in [0, 0.05) is 31.5 Å². The summed E-state index contributed by atoms with van der Waals surface area (Å²) in [4.78, 5) is 23.1. The Morgan fingerprint density at radius 3 is 2.56 bits per heavy atom. The van der Waals surface area contributed by atoms with Gasteiger partial charge in [0.2, 0.25) is 5.69 Å². The van der Waals surface area contributed by atoms with E-state index >= 15 is 0 Å². The van der Waals surface area contributed by atoms with Crippen LogP contribution in [0.1, 0.15) is 18.9 Å². The number of carboxylic acids is 1. The third kappa shape index (κ3) is 3.78. The first kappa shape index (κ1) is 19.2. The standard InChI is InChI=1S/C18H24N2O5/c1-14-18(12-22,13-23)15-5-2-3-6-16(15)20(14)8-4-7-19(9-10-21)11-17(24)25/h2-3,5-6,10,22-23H,4,7-9,11-13H2,1H3/p+1. The first-order chi connectivity index (χ1) is 12.0. The van der Waals surface area contributed by atoms with Crippen LogP contribution in [-0.4, -0.2) is 82.2 Å². The van der Waals surface area contributed by atoms with Crippen molar-refractivity contribution in [2.45, 2.75) is 18.8 Å². The predicted molar refractivity (Wildman–Crippen MR) is 92.5 cm³/mol. The van der Waals surface area contributed by atoms with Gasteiger partial charge in [0.25, 0.3) is 0 Å². The van der Waals surface area contributed by atoms with Crippen LogP contribution in [0.25, 0.3) is 0 Å². The molecule has 0 aromatic heterocycles. The van der Waals surface area contributed by atoms with E-state index in [0.29, 0.717) is 25.8 Å². The maximum atomic E-state index is 10.9. The number of carbonyl (C=O) groups is 2. The zero-order valence-corrected chi connectivity index (χ0v) is 14.4. The summed E-state index contributed by atoms with van der Waals surface area (Å²) >= 11 is 0.